The fraction of sp³-hybridized carbons (Fsp3) is 0.167. The molecular weight excluding hydrogens is 262 g/mol. The van der Waals surface area contributed by atoms with Crippen LogP contribution in [0.1, 0.15) is 17.4 Å². The van der Waals surface area contributed by atoms with Gasteiger partial charge in [0.05, 0.1) is 6.54 Å². The van der Waals surface area contributed by atoms with Crippen molar-refractivity contribution in [2.24, 2.45) is 0 Å². The monoisotopic (exact) mass is 275 g/mol. The molecule has 20 heavy (non-hydrogen) atoms. The minimum Gasteiger partial charge on any atom is -0.479 e. The fourth-order valence-corrected chi connectivity index (χ4v) is 1.60. The molecule has 0 radical (unpaired) electrons. The van der Waals surface area contributed by atoms with Crippen molar-refractivity contribution in [2.45, 2.75) is 12.6 Å². The van der Waals surface area contributed by atoms with E-state index >= 15 is 0 Å². The normalized spacial score (nSPS) is 11.6. The summed E-state index contributed by atoms with van der Waals surface area (Å²) in [6, 6.07) is 6.75. The molecule has 0 bridgehead atoms. The molecule has 0 fully saturated rings. The predicted octanol–water partition coefficient (Wildman–Crippen LogP) is 0.430. The number of carboxylic acids is 1. The van der Waals surface area contributed by atoms with Crippen LogP contribution >= 0.6 is 0 Å². The highest BCUT2D eigenvalue weighted by molar-refractivity contribution is 5.83. The van der Waals surface area contributed by atoms with Crippen LogP contribution in [-0.4, -0.2) is 32.3 Å². The summed E-state index contributed by atoms with van der Waals surface area (Å²) in [4.78, 5) is 26.7. The van der Waals surface area contributed by atoms with E-state index in [0.29, 0.717) is 11.4 Å². The first-order chi connectivity index (χ1) is 9.66. The number of nitrogens with zero attached hydrogens (tertiary/aromatic N) is 2. The lowest BCUT2D eigenvalue weighted by atomic mass is 10.1. The summed E-state index contributed by atoms with van der Waals surface area (Å²) in [5, 5.41) is 20.2. The Kier molecular flexibility index (Phi) is 4.28. The molecule has 1 aromatic carbocycles. The average molecular weight is 275 g/mol. The summed E-state index contributed by atoms with van der Waals surface area (Å²) >= 11 is 0. The number of carbonyl (C=O) groups is 2. The van der Waals surface area contributed by atoms with Crippen molar-refractivity contribution in [2.75, 3.05) is 0 Å². The molecule has 2 rings (SSSR count). The molecule has 1 unspecified atom stereocenters. The molecule has 0 aliphatic heterocycles. The zero-order chi connectivity index (χ0) is 14.4. The minimum absolute atomic E-state index is 0.132. The third-order valence-corrected chi connectivity index (χ3v) is 2.54. The number of hydrogen-bond acceptors (Lipinski definition) is 4. The lowest BCUT2D eigenvalue weighted by Gasteiger charge is -2.15. The van der Waals surface area contributed by atoms with Crippen molar-refractivity contribution in [3.05, 3.63) is 48.0 Å². The number of aliphatic carboxylic acids is 1. The van der Waals surface area contributed by atoms with Crippen LogP contribution in [-0.2, 0) is 11.3 Å². The van der Waals surface area contributed by atoms with E-state index in [1.54, 1.807) is 30.3 Å². The van der Waals surface area contributed by atoms with Crippen LogP contribution in [0.3, 0.4) is 0 Å². The summed E-state index contributed by atoms with van der Waals surface area (Å²) in [5.41, 5.74) is 0.495. The summed E-state index contributed by atoms with van der Waals surface area (Å²) in [7, 11) is 0. The molecule has 8 heteroatoms. The molecule has 1 atom stereocenters. The van der Waals surface area contributed by atoms with Crippen molar-refractivity contribution < 1.29 is 14.7 Å². The Morgan fingerprint density at radius 2 is 2.05 bits per heavy atom. The first kappa shape index (κ1) is 13.5. The Balaban J connectivity index is 1.95. The van der Waals surface area contributed by atoms with Gasteiger partial charge in [0.2, 0.25) is 0 Å². The number of hydrogen-bond donors (Lipinski definition) is 4. The van der Waals surface area contributed by atoms with E-state index < -0.39 is 18.0 Å². The van der Waals surface area contributed by atoms with Gasteiger partial charge in [-0.05, 0) is 5.56 Å². The Bertz CT molecular complexity index is 570. The smallest absolute Gasteiger partial charge is 0.330 e. The highest BCUT2D eigenvalue weighted by Crippen LogP contribution is 2.12. The molecule has 0 saturated carbocycles. The van der Waals surface area contributed by atoms with E-state index in [2.05, 4.69) is 25.8 Å². The topological polar surface area (TPSA) is 120 Å². The molecule has 1 aromatic heterocycles. The second-order valence-electron chi connectivity index (χ2n) is 3.94. The molecule has 1 heterocycles. The molecule has 2 aromatic rings. The number of carboxylic acid groups (broad SMARTS) is 1. The number of aromatic amines is 1. The number of aromatic nitrogens is 3. The van der Waals surface area contributed by atoms with Crippen LogP contribution in [0.15, 0.2) is 36.7 Å². The van der Waals surface area contributed by atoms with Gasteiger partial charge in [-0.1, -0.05) is 30.3 Å². The predicted molar refractivity (Wildman–Crippen MR) is 68.6 cm³/mol. The lowest BCUT2D eigenvalue weighted by molar-refractivity contribution is -0.139. The third-order valence-electron chi connectivity index (χ3n) is 2.54. The molecule has 4 N–H and O–H groups in total. The molecular formula is C12H13N5O3. The van der Waals surface area contributed by atoms with E-state index in [0.717, 1.165) is 0 Å². The summed E-state index contributed by atoms with van der Waals surface area (Å²) in [5.74, 6) is -0.655. The quantitative estimate of drug-likeness (QED) is 0.630. The van der Waals surface area contributed by atoms with Crippen LogP contribution in [0.2, 0.25) is 0 Å². The van der Waals surface area contributed by atoms with Crippen molar-refractivity contribution >= 4 is 12.0 Å². The van der Waals surface area contributed by atoms with Crippen molar-refractivity contribution in [1.82, 2.24) is 25.8 Å². The highest BCUT2D eigenvalue weighted by Gasteiger charge is 2.21. The van der Waals surface area contributed by atoms with E-state index in [4.69, 9.17) is 5.11 Å². The van der Waals surface area contributed by atoms with Gasteiger partial charge in [-0.25, -0.2) is 14.6 Å². The van der Waals surface area contributed by atoms with E-state index in [9.17, 15) is 9.59 Å². The van der Waals surface area contributed by atoms with E-state index in [1.807, 2.05) is 0 Å². The van der Waals surface area contributed by atoms with Crippen LogP contribution in [0.25, 0.3) is 0 Å². The molecule has 0 aliphatic carbocycles. The van der Waals surface area contributed by atoms with Crippen LogP contribution in [0.4, 0.5) is 4.79 Å². The number of urea groups is 1. The second kappa shape index (κ2) is 6.32. The Morgan fingerprint density at radius 1 is 1.30 bits per heavy atom. The van der Waals surface area contributed by atoms with Gasteiger partial charge < -0.3 is 15.7 Å². The van der Waals surface area contributed by atoms with Crippen LogP contribution in [0, 0.1) is 0 Å². The maximum absolute atomic E-state index is 11.7. The second-order valence-corrected chi connectivity index (χ2v) is 3.94. The summed E-state index contributed by atoms with van der Waals surface area (Å²) in [6.07, 6.45) is 1.32. The van der Waals surface area contributed by atoms with Crippen molar-refractivity contribution in [3.63, 3.8) is 0 Å². The van der Waals surface area contributed by atoms with Crippen molar-refractivity contribution in [1.29, 1.82) is 0 Å². The van der Waals surface area contributed by atoms with Gasteiger partial charge >= 0.3 is 12.0 Å². The van der Waals surface area contributed by atoms with Gasteiger partial charge in [0, 0.05) is 0 Å². The van der Waals surface area contributed by atoms with Crippen LogP contribution < -0.4 is 10.6 Å². The highest BCUT2D eigenvalue weighted by atomic mass is 16.4. The zero-order valence-corrected chi connectivity index (χ0v) is 10.4. The Hall–Kier alpha value is -2.90. The number of carbonyl (C=O) groups excluding carboxylic acids is 1. The Morgan fingerprint density at radius 3 is 2.65 bits per heavy atom. The van der Waals surface area contributed by atoms with Crippen LogP contribution in [0.5, 0.6) is 0 Å². The number of nitrogens with one attached hydrogen (secondary N) is 3. The first-order valence-electron chi connectivity index (χ1n) is 5.83. The molecule has 104 valence electrons. The fourth-order valence-electron chi connectivity index (χ4n) is 1.60. The number of H-pyrrole nitrogens is 1. The van der Waals surface area contributed by atoms with Gasteiger partial charge in [0.25, 0.3) is 0 Å². The molecule has 8 nitrogen and oxygen atoms in total. The van der Waals surface area contributed by atoms with E-state index in [1.165, 1.54) is 6.33 Å². The minimum atomic E-state index is -1.13. The SMILES string of the molecule is O=C(NCc1ncn[nH]1)NC(C(=O)O)c1ccccc1. The van der Waals surface area contributed by atoms with Gasteiger partial charge in [-0.3, -0.25) is 5.10 Å². The zero-order valence-electron chi connectivity index (χ0n) is 10.4. The maximum Gasteiger partial charge on any atom is 0.330 e. The van der Waals surface area contributed by atoms with Gasteiger partial charge in [-0.2, -0.15) is 5.10 Å². The summed E-state index contributed by atoms with van der Waals surface area (Å²) < 4.78 is 0. The standard InChI is InChI=1S/C12H13N5O3/c18-11(19)10(8-4-2-1-3-5-8)16-12(20)13-6-9-14-7-15-17-9/h1-5,7,10H,6H2,(H,18,19)(H2,13,16,20)(H,14,15,17). The molecule has 0 spiro atoms. The molecule has 0 saturated heterocycles. The maximum atomic E-state index is 11.7. The van der Waals surface area contributed by atoms with E-state index in [-0.39, 0.29) is 6.54 Å². The molecule has 0 aliphatic rings. The lowest BCUT2D eigenvalue weighted by Crippen LogP contribution is -2.40. The Labute approximate surface area is 114 Å². The van der Waals surface area contributed by atoms with Crippen molar-refractivity contribution in [3.8, 4) is 0 Å². The summed E-state index contributed by atoms with van der Waals surface area (Å²) in [6.45, 7) is 0.132. The average Bonchev–Trinajstić information content (AvgIpc) is 2.96. The van der Waals surface area contributed by atoms with Gasteiger partial charge in [0.1, 0.15) is 12.2 Å². The number of rotatable bonds is 5. The number of benzene rings is 1. The first-order valence-corrected chi connectivity index (χ1v) is 5.83. The largest absolute Gasteiger partial charge is 0.479 e. The third kappa shape index (κ3) is 3.55. The van der Waals surface area contributed by atoms with Gasteiger partial charge in [-0.15, -0.1) is 0 Å². The molecule has 2 amide bonds. The number of amides is 2. The van der Waals surface area contributed by atoms with Gasteiger partial charge in [0.15, 0.2) is 6.04 Å².